The molecule has 0 heterocycles. The molecule has 2 rings (SSSR count). The average molecular weight is 291 g/mol. The van der Waals surface area contributed by atoms with Crippen molar-refractivity contribution in [1.29, 1.82) is 0 Å². The molecule has 0 aliphatic rings. The number of hydrogen-bond acceptors (Lipinski definition) is 1. The van der Waals surface area contributed by atoms with E-state index in [1.807, 2.05) is 60.7 Å². The van der Waals surface area contributed by atoms with Gasteiger partial charge in [0.2, 0.25) is 5.91 Å². The van der Waals surface area contributed by atoms with Crippen molar-refractivity contribution in [3.8, 4) is 0 Å². The normalized spacial score (nSPS) is 9.10. The van der Waals surface area contributed by atoms with Gasteiger partial charge in [-0.3, -0.25) is 4.79 Å². The van der Waals surface area contributed by atoms with Crippen LogP contribution in [0.1, 0.15) is 18.5 Å². The molecule has 0 saturated heterocycles. The quantitative estimate of drug-likeness (QED) is 0.606. The predicted molar refractivity (Wildman–Crippen MR) is 85.8 cm³/mol. The fourth-order valence-electron chi connectivity index (χ4n) is 2.03. The molecule has 106 valence electrons. The number of rotatable bonds is 3. The van der Waals surface area contributed by atoms with Crippen molar-refractivity contribution in [1.82, 2.24) is 4.90 Å². The van der Waals surface area contributed by atoms with Crippen LogP contribution in [-0.4, -0.2) is 24.9 Å². The summed E-state index contributed by atoms with van der Waals surface area (Å²) in [6.07, 6.45) is 0. The number of nitrogens with zero attached hydrogens (tertiary/aromatic N) is 1. The van der Waals surface area contributed by atoms with Gasteiger partial charge in [0.25, 0.3) is 0 Å². The maximum atomic E-state index is 12.4. The van der Waals surface area contributed by atoms with Crippen LogP contribution in [-0.2, 0) is 4.79 Å². The molecular formula is C18H22NNaO. The molecule has 21 heavy (non-hydrogen) atoms. The van der Waals surface area contributed by atoms with Gasteiger partial charge in [-0.25, -0.2) is 0 Å². The van der Waals surface area contributed by atoms with Gasteiger partial charge >= 0.3 is 29.6 Å². The maximum Gasteiger partial charge on any atom is 1.00 e. The van der Waals surface area contributed by atoms with E-state index in [-0.39, 0.29) is 42.8 Å². The molecule has 2 nitrogen and oxygen atoms in total. The van der Waals surface area contributed by atoms with Crippen molar-refractivity contribution in [3.63, 3.8) is 0 Å². The van der Waals surface area contributed by atoms with E-state index in [4.69, 9.17) is 0 Å². The molecule has 0 fully saturated rings. The Morgan fingerprint density at radius 2 is 1.24 bits per heavy atom. The molecule has 1 amide bonds. The second-order valence-corrected chi connectivity index (χ2v) is 4.49. The van der Waals surface area contributed by atoms with Crippen molar-refractivity contribution in [2.45, 2.75) is 5.92 Å². The first-order valence-corrected chi connectivity index (χ1v) is 6.51. The second-order valence-electron chi connectivity index (χ2n) is 4.49. The van der Waals surface area contributed by atoms with E-state index >= 15 is 0 Å². The topological polar surface area (TPSA) is 20.3 Å². The van der Waals surface area contributed by atoms with E-state index in [0.29, 0.717) is 0 Å². The molecule has 0 spiro atoms. The molecule has 0 unspecified atom stereocenters. The van der Waals surface area contributed by atoms with Gasteiger partial charge in [0.05, 0.1) is 5.92 Å². The fraction of sp³-hybridized carbons (Fsp3) is 0.167. The Bertz CT molecular complexity index is 492. The molecule has 0 aliphatic carbocycles. The summed E-state index contributed by atoms with van der Waals surface area (Å²) in [7, 11) is 3.59. The largest absolute Gasteiger partial charge is 1.00 e. The number of amides is 1. The van der Waals surface area contributed by atoms with Crippen LogP contribution in [0.4, 0.5) is 0 Å². The summed E-state index contributed by atoms with van der Waals surface area (Å²) in [5.41, 5.74) is 2.06. The number of hydrogen-bond donors (Lipinski definition) is 0. The Hall–Kier alpha value is -1.35. The average Bonchev–Trinajstić information content (AvgIpc) is 2.51. The van der Waals surface area contributed by atoms with Gasteiger partial charge in [0.15, 0.2) is 0 Å². The third-order valence-electron chi connectivity index (χ3n) is 2.95. The van der Waals surface area contributed by atoms with E-state index in [0.717, 1.165) is 11.1 Å². The number of likely N-dealkylation sites (N-methyl/N-ethyl adjacent to an activating group) is 1. The summed E-state index contributed by atoms with van der Waals surface area (Å²) >= 11 is 0. The minimum absolute atomic E-state index is 0. The van der Waals surface area contributed by atoms with Crippen molar-refractivity contribution < 1.29 is 35.8 Å². The van der Waals surface area contributed by atoms with Gasteiger partial charge in [-0.05, 0) is 11.1 Å². The third-order valence-corrected chi connectivity index (χ3v) is 2.95. The van der Waals surface area contributed by atoms with Gasteiger partial charge in [-0.2, -0.15) is 0 Å². The maximum absolute atomic E-state index is 12.4. The first-order valence-electron chi connectivity index (χ1n) is 6.51. The van der Waals surface area contributed by atoms with Crippen molar-refractivity contribution in [2.75, 3.05) is 14.1 Å². The standard InChI is InChI=1S/C16H17NO.C2H4.Na.H/c1-17(2)16(18)15(13-9-5-3-6-10-13)14-11-7-4-8-12-14;1-2;;/h3-12,15H,1-2H3;1-2H2;;/q;;+1;-1. The number of benzene rings is 2. The van der Waals surface area contributed by atoms with Crippen LogP contribution in [0.2, 0.25) is 0 Å². The van der Waals surface area contributed by atoms with Crippen LogP contribution >= 0.6 is 0 Å². The van der Waals surface area contributed by atoms with Crippen molar-refractivity contribution in [2.24, 2.45) is 0 Å². The molecule has 0 aliphatic heterocycles. The number of carbonyl (C=O) groups excluding carboxylic acids is 1. The molecule has 0 aromatic heterocycles. The zero-order valence-corrected chi connectivity index (χ0v) is 15.1. The SMILES string of the molecule is C=C.CN(C)C(=O)C(c1ccccc1)c1ccccc1.[H-].[Na+]. The Morgan fingerprint density at radius 3 is 1.52 bits per heavy atom. The zero-order valence-electron chi connectivity index (χ0n) is 14.1. The molecule has 3 heteroatoms. The van der Waals surface area contributed by atoms with Gasteiger partial charge in [-0.15, -0.1) is 13.2 Å². The second kappa shape index (κ2) is 10.4. The molecule has 0 saturated carbocycles. The van der Waals surface area contributed by atoms with E-state index < -0.39 is 0 Å². The van der Waals surface area contributed by atoms with Crippen molar-refractivity contribution in [3.05, 3.63) is 84.9 Å². The smallest absolute Gasteiger partial charge is 1.00 e. The third kappa shape index (κ3) is 5.50. The van der Waals surface area contributed by atoms with Gasteiger partial charge in [-0.1, -0.05) is 60.7 Å². The van der Waals surface area contributed by atoms with Crippen molar-refractivity contribution >= 4 is 5.91 Å². The molecule has 0 bridgehead atoms. The van der Waals surface area contributed by atoms with E-state index in [1.54, 1.807) is 19.0 Å². The zero-order chi connectivity index (χ0) is 15.0. The summed E-state index contributed by atoms with van der Waals surface area (Å²) in [6.45, 7) is 6.00. The summed E-state index contributed by atoms with van der Waals surface area (Å²) in [6, 6.07) is 19.8. The minimum Gasteiger partial charge on any atom is -1.00 e. The number of carbonyl (C=O) groups is 1. The fourth-order valence-corrected chi connectivity index (χ4v) is 2.03. The molecule has 2 aromatic rings. The van der Waals surface area contributed by atoms with E-state index in [2.05, 4.69) is 13.2 Å². The molecule has 2 aromatic carbocycles. The molecule has 0 atom stereocenters. The Balaban J connectivity index is 0. The van der Waals surface area contributed by atoms with E-state index in [9.17, 15) is 4.79 Å². The first kappa shape index (κ1) is 19.7. The summed E-state index contributed by atoms with van der Waals surface area (Å²) in [5, 5.41) is 0. The van der Waals surface area contributed by atoms with Gasteiger partial charge in [0, 0.05) is 14.1 Å². The van der Waals surface area contributed by atoms with Crippen LogP contribution in [0.15, 0.2) is 73.8 Å². The van der Waals surface area contributed by atoms with Gasteiger partial charge in [0.1, 0.15) is 0 Å². The first-order chi connectivity index (χ1) is 9.70. The predicted octanol–water partition coefficient (Wildman–Crippen LogP) is 0.825. The van der Waals surface area contributed by atoms with Crippen LogP contribution in [0.5, 0.6) is 0 Å². The summed E-state index contributed by atoms with van der Waals surface area (Å²) < 4.78 is 0. The molecule has 0 N–H and O–H groups in total. The van der Waals surface area contributed by atoms with Gasteiger partial charge < -0.3 is 6.33 Å². The Morgan fingerprint density at radius 1 is 0.905 bits per heavy atom. The molecule has 0 radical (unpaired) electrons. The minimum atomic E-state index is -0.220. The van der Waals surface area contributed by atoms with Crippen LogP contribution in [0.25, 0.3) is 0 Å². The summed E-state index contributed by atoms with van der Waals surface area (Å²) in [4.78, 5) is 14.0. The monoisotopic (exact) mass is 291 g/mol. The Labute approximate surface area is 151 Å². The van der Waals surface area contributed by atoms with Crippen LogP contribution in [0, 0.1) is 0 Å². The summed E-state index contributed by atoms with van der Waals surface area (Å²) in [5.74, 6) is -0.116. The Kier molecular flexibility index (Phi) is 9.72. The van der Waals surface area contributed by atoms with Crippen LogP contribution in [0.3, 0.4) is 0 Å². The molecular weight excluding hydrogens is 269 g/mol. The van der Waals surface area contributed by atoms with Crippen LogP contribution < -0.4 is 29.6 Å². The van der Waals surface area contributed by atoms with E-state index in [1.165, 1.54) is 0 Å².